The molecule has 6 rings (SSSR count). The van der Waals surface area contributed by atoms with Crippen molar-refractivity contribution >= 4 is 11.2 Å². The number of aryl methyl sites for hydroxylation is 1. The van der Waals surface area contributed by atoms with Crippen molar-refractivity contribution in [3.05, 3.63) is 41.6 Å². The summed E-state index contributed by atoms with van der Waals surface area (Å²) in [4.78, 5) is 5.17. The summed E-state index contributed by atoms with van der Waals surface area (Å²) in [6, 6.07) is 10.9. The van der Waals surface area contributed by atoms with E-state index in [0.29, 0.717) is 5.92 Å². The summed E-state index contributed by atoms with van der Waals surface area (Å²) in [7, 11) is 3.52. The molecule has 3 aromatic rings. The third-order valence-electron chi connectivity index (χ3n) is 8.77. The molecule has 39 heavy (non-hydrogen) atoms. The number of nitrogens with zero attached hydrogens (tertiary/aromatic N) is 4. The normalized spacial score (nSPS) is 18.6. The van der Waals surface area contributed by atoms with Crippen LogP contribution in [0.5, 0.6) is 11.5 Å². The zero-order chi connectivity index (χ0) is 26.8. The molecule has 0 spiro atoms. The van der Waals surface area contributed by atoms with Gasteiger partial charge in [0.2, 0.25) is 0 Å². The molecular weight excluding hydrogens is 488 g/mol. The number of fused-ring (bicyclic) bond motifs is 1. The molecule has 2 aromatic heterocycles. The monoisotopic (exact) mass is 532 g/mol. The van der Waals surface area contributed by atoms with Gasteiger partial charge in [-0.2, -0.15) is 5.10 Å². The third kappa shape index (κ3) is 5.62. The van der Waals surface area contributed by atoms with Gasteiger partial charge in [0.15, 0.2) is 0 Å². The van der Waals surface area contributed by atoms with E-state index >= 15 is 0 Å². The van der Waals surface area contributed by atoms with Crippen molar-refractivity contribution in [3.63, 3.8) is 0 Å². The highest BCUT2D eigenvalue weighted by molar-refractivity contribution is 5.82. The lowest BCUT2D eigenvalue weighted by Gasteiger charge is -2.31. The zero-order valence-electron chi connectivity index (χ0n) is 24.0. The van der Waals surface area contributed by atoms with E-state index in [0.717, 1.165) is 93.9 Å². The Bertz CT molecular complexity index is 1250. The predicted octanol–water partition coefficient (Wildman–Crippen LogP) is 5.82. The molecule has 0 radical (unpaired) electrons. The van der Waals surface area contributed by atoms with E-state index in [4.69, 9.17) is 19.3 Å². The number of likely N-dealkylation sites (tertiary alicyclic amines) is 1. The summed E-state index contributed by atoms with van der Waals surface area (Å²) in [5.74, 6) is 3.14. The molecule has 0 N–H and O–H groups in total. The molecule has 1 saturated carbocycles. The summed E-state index contributed by atoms with van der Waals surface area (Å²) >= 11 is 0. The van der Waals surface area contributed by atoms with Gasteiger partial charge in [0, 0.05) is 32.8 Å². The minimum Gasteiger partial charge on any atom is -0.496 e. The number of ether oxygens (including phenoxy) is 3. The van der Waals surface area contributed by atoms with Gasteiger partial charge in [-0.05, 0) is 99.7 Å². The van der Waals surface area contributed by atoms with Crippen LogP contribution < -0.4 is 14.4 Å². The number of rotatable bonds is 11. The Labute approximate surface area is 233 Å². The fourth-order valence-electron chi connectivity index (χ4n) is 6.49. The highest BCUT2D eigenvalue weighted by Gasteiger charge is 2.30. The molecule has 7 nitrogen and oxygen atoms in total. The van der Waals surface area contributed by atoms with Gasteiger partial charge in [0.1, 0.15) is 11.5 Å². The van der Waals surface area contributed by atoms with Crippen LogP contribution in [0.1, 0.15) is 56.7 Å². The van der Waals surface area contributed by atoms with Gasteiger partial charge in [0.05, 0.1) is 42.4 Å². The Morgan fingerprint density at radius 2 is 1.62 bits per heavy atom. The van der Waals surface area contributed by atoms with Crippen molar-refractivity contribution in [2.24, 2.45) is 11.8 Å². The second-order valence-corrected chi connectivity index (χ2v) is 11.6. The molecular formula is C32H44N4O3. The Kier molecular flexibility index (Phi) is 7.98. The first-order valence-electron chi connectivity index (χ1n) is 15.0. The van der Waals surface area contributed by atoms with Gasteiger partial charge in [-0.25, -0.2) is 4.52 Å². The summed E-state index contributed by atoms with van der Waals surface area (Å²) in [5, 5.41) is 5.24. The molecule has 2 saturated heterocycles. The van der Waals surface area contributed by atoms with Crippen LogP contribution in [0.2, 0.25) is 0 Å². The van der Waals surface area contributed by atoms with E-state index in [2.05, 4.69) is 51.6 Å². The maximum absolute atomic E-state index is 6.01. The van der Waals surface area contributed by atoms with Crippen molar-refractivity contribution < 1.29 is 14.2 Å². The Morgan fingerprint density at radius 3 is 2.23 bits per heavy atom. The van der Waals surface area contributed by atoms with E-state index in [9.17, 15) is 0 Å². The van der Waals surface area contributed by atoms with Crippen LogP contribution in [-0.2, 0) is 17.7 Å². The molecule has 4 heterocycles. The molecule has 3 fully saturated rings. The first-order valence-corrected chi connectivity index (χ1v) is 15.0. The van der Waals surface area contributed by atoms with E-state index in [1.165, 1.54) is 48.1 Å². The molecule has 0 unspecified atom stereocenters. The highest BCUT2D eigenvalue weighted by atomic mass is 16.5. The molecule has 0 amide bonds. The van der Waals surface area contributed by atoms with Gasteiger partial charge >= 0.3 is 0 Å². The largest absolute Gasteiger partial charge is 0.496 e. The smallest absolute Gasteiger partial charge is 0.132 e. The molecule has 0 bridgehead atoms. The van der Waals surface area contributed by atoms with Crippen molar-refractivity contribution in [3.8, 4) is 22.8 Å². The first kappa shape index (κ1) is 26.5. The van der Waals surface area contributed by atoms with Crippen molar-refractivity contribution in [1.82, 2.24) is 14.5 Å². The van der Waals surface area contributed by atoms with Gasteiger partial charge in [-0.3, -0.25) is 4.90 Å². The molecule has 0 atom stereocenters. The standard InChI is InChI=1S/C32H44N4O3/c1-4-26-32(35(21-23-10-11-23)22-24-12-16-39-17-13-24)28-9-7-8-27(36(28)33-26)31-29(37-2)18-25(19-30(31)38-3)20-34-14-5-6-15-34/h7-9,18-19,23-24H,4-6,10-17,20-22H2,1-3H3. The quantitative estimate of drug-likeness (QED) is 0.310. The Morgan fingerprint density at radius 1 is 0.949 bits per heavy atom. The SMILES string of the molecule is CCc1nn2c(-c3c(OC)cc(CN4CCCC4)cc3OC)cccc2c1N(CC1CCOCC1)CC1CC1. The highest BCUT2D eigenvalue weighted by Crippen LogP contribution is 2.42. The van der Waals surface area contributed by atoms with E-state index in [-0.39, 0.29) is 0 Å². The van der Waals surface area contributed by atoms with Crippen molar-refractivity contribution in [2.75, 3.05) is 58.5 Å². The molecule has 1 aliphatic carbocycles. The fourth-order valence-corrected chi connectivity index (χ4v) is 6.49. The zero-order valence-corrected chi connectivity index (χ0v) is 24.0. The molecule has 2 aliphatic heterocycles. The predicted molar refractivity (Wildman–Crippen MR) is 156 cm³/mol. The average molecular weight is 533 g/mol. The number of benzene rings is 1. The second kappa shape index (κ2) is 11.8. The van der Waals surface area contributed by atoms with Crippen LogP contribution in [0.25, 0.3) is 16.8 Å². The molecule has 1 aromatic carbocycles. The summed E-state index contributed by atoms with van der Waals surface area (Å²) in [6.45, 7) is 9.43. The minimum atomic E-state index is 0.670. The molecule has 7 heteroatoms. The maximum atomic E-state index is 6.01. The van der Waals surface area contributed by atoms with Crippen LogP contribution >= 0.6 is 0 Å². The number of pyridine rings is 1. The summed E-state index contributed by atoms with van der Waals surface area (Å²) in [6.07, 6.45) is 8.43. The Hall–Kier alpha value is -2.77. The van der Waals surface area contributed by atoms with Crippen LogP contribution in [0.3, 0.4) is 0 Å². The number of methoxy groups -OCH3 is 2. The van der Waals surface area contributed by atoms with E-state index in [1.54, 1.807) is 14.2 Å². The molecule has 210 valence electrons. The number of anilines is 1. The minimum absolute atomic E-state index is 0.670. The maximum Gasteiger partial charge on any atom is 0.132 e. The number of hydrogen-bond acceptors (Lipinski definition) is 6. The lowest BCUT2D eigenvalue weighted by Crippen LogP contribution is -2.34. The van der Waals surface area contributed by atoms with Gasteiger partial charge < -0.3 is 19.1 Å². The first-order chi connectivity index (χ1) is 19.2. The van der Waals surface area contributed by atoms with Crippen LogP contribution in [0.4, 0.5) is 5.69 Å². The lowest BCUT2D eigenvalue weighted by molar-refractivity contribution is 0.0682. The summed E-state index contributed by atoms with van der Waals surface area (Å²) < 4.78 is 19.8. The lowest BCUT2D eigenvalue weighted by atomic mass is 9.99. The molecule has 3 aliphatic rings. The Balaban J connectivity index is 1.42. The van der Waals surface area contributed by atoms with Crippen LogP contribution in [0, 0.1) is 11.8 Å². The average Bonchev–Trinajstić information content (AvgIpc) is 3.48. The van der Waals surface area contributed by atoms with Gasteiger partial charge in [-0.1, -0.05) is 13.0 Å². The van der Waals surface area contributed by atoms with E-state index in [1.807, 2.05) is 0 Å². The second-order valence-electron chi connectivity index (χ2n) is 11.6. The van der Waals surface area contributed by atoms with Gasteiger partial charge in [0.25, 0.3) is 0 Å². The number of aromatic nitrogens is 2. The number of hydrogen-bond donors (Lipinski definition) is 0. The van der Waals surface area contributed by atoms with Crippen LogP contribution in [0.15, 0.2) is 30.3 Å². The summed E-state index contributed by atoms with van der Waals surface area (Å²) in [5.41, 5.74) is 6.84. The van der Waals surface area contributed by atoms with Crippen LogP contribution in [-0.4, -0.2) is 68.1 Å². The van der Waals surface area contributed by atoms with Gasteiger partial charge in [-0.15, -0.1) is 0 Å². The third-order valence-corrected chi connectivity index (χ3v) is 8.77. The van der Waals surface area contributed by atoms with Crippen molar-refractivity contribution in [1.29, 1.82) is 0 Å². The topological polar surface area (TPSA) is 51.5 Å². The fraction of sp³-hybridized carbons (Fsp3) is 0.594. The van der Waals surface area contributed by atoms with E-state index < -0.39 is 0 Å². The van der Waals surface area contributed by atoms with Crippen molar-refractivity contribution in [2.45, 2.75) is 58.4 Å².